The highest BCUT2D eigenvalue weighted by Gasteiger charge is 2.12. The highest BCUT2D eigenvalue weighted by atomic mass is 16.5. The van der Waals surface area contributed by atoms with E-state index in [9.17, 15) is 0 Å². The van der Waals surface area contributed by atoms with Crippen molar-refractivity contribution in [1.82, 2.24) is 15.1 Å². The second-order valence-electron chi connectivity index (χ2n) is 4.88. The lowest BCUT2D eigenvalue weighted by atomic mass is 10.1. The molecule has 21 heavy (non-hydrogen) atoms. The first-order valence-electron chi connectivity index (χ1n) is 7.79. The lowest BCUT2D eigenvalue weighted by molar-refractivity contribution is 0.145. The first-order chi connectivity index (χ1) is 10.1. The van der Waals surface area contributed by atoms with Crippen LogP contribution in [-0.2, 0) is 31.2 Å². The molecule has 0 amide bonds. The second kappa shape index (κ2) is 9.39. The van der Waals surface area contributed by atoms with Crippen LogP contribution in [0.25, 0.3) is 0 Å². The standard InChI is InChI=1S/C15H29N5O/c1-5-13-12(14(6-2)20(4)19-13)11-18-15(16)17-9-8-10-21-7-3/h5-11H2,1-4H3,(H3,16,17,18). The maximum atomic E-state index is 5.90. The van der Waals surface area contributed by atoms with E-state index in [4.69, 9.17) is 10.5 Å². The highest BCUT2D eigenvalue weighted by molar-refractivity contribution is 5.77. The zero-order valence-corrected chi connectivity index (χ0v) is 13.8. The van der Waals surface area contributed by atoms with Crippen LogP contribution >= 0.6 is 0 Å². The number of aryl methyl sites for hydroxylation is 2. The zero-order chi connectivity index (χ0) is 15.7. The van der Waals surface area contributed by atoms with Crippen LogP contribution in [0.4, 0.5) is 0 Å². The smallest absolute Gasteiger partial charge is 0.188 e. The third-order valence-electron chi connectivity index (χ3n) is 3.41. The SMILES string of the molecule is CCOCCCNC(N)=NCc1c(CC)nn(C)c1CC. The van der Waals surface area contributed by atoms with E-state index in [1.54, 1.807) is 0 Å². The number of nitrogens with two attached hydrogens (primary N) is 1. The largest absolute Gasteiger partial charge is 0.382 e. The minimum atomic E-state index is 0.486. The van der Waals surface area contributed by atoms with Crippen LogP contribution in [0.1, 0.15) is 44.1 Å². The molecule has 0 fully saturated rings. The van der Waals surface area contributed by atoms with Gasteiger partial charge in [0.05, 0.1) is 12.2 Å². The van der Waals surface area contributed by atoms with Crippen LogP contribution in [0.2, 0.25) is 0 Å². The number of nitrogens with zero attached hydrogens (tertiary/aromatic N) is 3. The summed E-state index contributed by atoms with van der Waals surface area (Å²) in [5.74, 6) is 0.486. The zero-order valence-electron chi connectivity index (χ0n) is 13.8. The van der Waals surface area contributed by atoms with E-state index in [1.807, 2.05) is 18.7 Å². The number of rotatable bonds is 9. The molecule has 0 spiro atoms. The molecule has 0 unspecified atom stereocenters. The fourth-order valence-corrected chi connectivity index (χ4v) is 2.33. The molecule has 1 rings (SSSR count). The summed E-state index contributed by atoms with van der Waals surface area (Å²) < 4.78 is 7.23. The third-order valence-corrected chi connectivity index (χ3v) is 3.41. The quantitative estimate of drug-likeness (QED) is 0.410. The van der Waals surface area contributed by atoms with Crippen molar-refractivity contribution in [3.8, 4) is 0 Å². The van der Waals surface area contributed by atoms with Crippen LogP contribution in [0.15, 0.2) is 4.99 Å². The fraction of sp³-hybridized carbons (Fsp3) is 0.733. The molecule has 0 bridgehead atoms. The number of hydrogen-bond donors (Lipinski definition) is 2. The van der Waals surface area contributed by atoms with Crippen molar-refractivity contribution in [1.29, 1.82) is 0 Å². The van der Waals surface area contributed by atoms with Crippen molar-refractivity contribution in [2.75, 3.05) is 19.8 Å². The van der Waals surface area contributed by atoms with Gasteiger partial charge in [-0.3, -0.25) is 4.68 Å². The summed E-state index contributed by atoms with van der Waals surface area (Å²) >= 11 is 0. The molecular formula is C15H29N5O. The first-order valence-corrected chi connectivity index (χ1v) is 7.79. The Hall–Kier alpha value is -1.56. The number of ether oxygens (including phenoxy) is 1. The van der Waals surface area contributed by atoms with E-state index in [0.717, 1.165) is 44.7 Å². The second-order valence-corrected chi connectivity index (χ2v) is 4.88. The van der Waals surface area contributed by atoms with Crippen molar-refractivity contribution in [3.05, 3.63) is 17.0 Å². The summed E-state index contributed by atoms with van der Waals surface area (Å²) in [7, 11) is 1.99. The topological polar surface area (TPSA) is 77.5 Å². The number of guanidine groups is 1. The molecule has 0 saturated carbocycles. The lowest BCUT2D eigenvalue weighted by Gasteiger charge is -2.06. The number of hydrogen-bond acceptors (Lipinski definition) is 3. The molecule has 0 atom stereocenters. The van der Waals surface area contributed by atoms with E-state index in [2.05, 4.69) is 29.3 Å². The van der Waals surface area contributed by atoms with Gasteiger partial charge in [0.15, 0.2) is 5.96 Å². The Bertz CT molecular complexity index is 453. The van der Waals surface area contributed by atoms with Crippen molar-refractivity contribution >= 4 is 5.96 Å². The Labute approximate surface area is 127 Å². The van der Waals surface area contributed by atoms with Gasteiger partial charge in [0.25, 0.3) is 0 Å². The minimum absolute atomic E-state index is 0.486. The van der Waals surface area contributed by atoms with Crippen molar-refractivity contribution in [3.63, 3.8) is 0 Å². The van der Waals surface area contributed by atoms with E-state index >= 15 is 0 Å². The normalized spacial score (nSPS) is 11.9. The Morgan fingerprint density at radius 1 is 1.33 bits per heavy atom. The van der Waals surface area contributed by atoms with Gasteiger partial charge in [0.2, 0.25) is 0 Å². The average molecular weight is 295 g/mol. The molecule has 1 aromatic heterocycles. The van der Waals surface area contributed by atoms with Crippen LogP contribution in [0.5, 0.6) is 0 Å². The monoisotopic (exact) mass is 295 g/mol. The molecule has 0 aliphatic carbocycles. The van der Waals surface area contributed by atoms with E-state index < -0.39 is 0 Å². The summed E-state index contributed by atoms with van der Waals surface area (Å²) in [6.45, 7) is 9.12. The minimum Gasteiger partial charge on any atom is -0.382 e. The van der Waals surface area contributed by atoms with Gasteiger partial charge in [-0.25, -0.2) is 4.99 Å². The van der Waals surface area contributed by atoms with Gasteiger partial charge in [-0.15, -0.1) is 0 Å². The van der Waals surface area contributed by atoms with Crippen LogP contribution in [-0.4, -0.2) is 35.5 Å². The number of aliphatic imine (C=N–C) groups is 1. The summed E-state index contributed by atoms with van der Waals surface area (Å²) in [5, 5.41) is 7.66. The van der Waals surface area contributed by atoms with E-state index in [-0.39, 0.29) is 0 Å². The molecule has 0 aromatic carbocycles. The summed E-state index contributed by atoms with van der Waals surface area (Å²) in [4.78, 5) is 4.43. The fourth-order valence-electron chi connectivity index (χ4n) is 2.33. The van der Waals surface area contributed by atoms with E-state index in [0.29, 0.717) is 12.5 Å². The van der Waals surface area contributed by atoms with Crippen molar-refractivity contribution in [2.24, 2.45) is 17.8 Å². The molecule has 0 aliphatic rings. The van der Waals surface area contributed by atoms with Gasteiger partial charge in [-0.2, -0.15) is 5.10 Å². The predicted octanol–water partition coefficient (Wildman–Crippen LogP) is 1.38. The van der Waals surface area contributed by atoms with Gasteiger partial charge in [-0.05, 0) is 26.2 Å². The molecule has 3 N–H and O–H groups in total. The Balaban J connectivity index is 2.54. The Kier molecular flexibility index (Phi) is 7.82. The maximum absolute atomic E-state index is 5.90. The van der Waals surface area contributed by atoms with Crippen molar-refractivity contribution < 1.29 is 4.74 Å². The lowest BCUT2D eigenvalue weighted by Crippen LogP contribution is -2.32. The molecule has 6 heteroatoms. The molecule has 0 radical (unpaired) electrons. The Morgan fingerprint density at radius 3 is 2.71 bits per heavy atom. The number of nitrogens with one attached hydrogen (secondary N) is 1. The molecule has 0 saturated heterocycles. The van der Waals surface area contributed by atoms with Gasteiger partial charge in [0, 0.05) is 38.1 Å². The molecule has 1 heterocycles. The molecule has 0 aliphatic heterocycles. The van der Waals surface area contributed by atoms with Gasteiger partial charge < -0.3 is 15.8 Å². The molecule has 6 nitrogen and oxygen atoms in total. The first kappa shape index (κ1) is 17.5. The molecule has 120 valence electrons. The molecule has 1 aromatic rings. The highest BCUT2D eigenvalue weighted by Crippen LogP contribution is 2.16. The summed E-state index contributed by atoms with van der Waals surface area (Å²) in [5.41, 5.74) is 9.46. The summed E-state index contributed by atoms with van der Waals surface area (Å²) in [6.07, 6.45) is 2.80. The molecular weight excluding hydrogens is 266 g/mol. The third kappa shape index (κ3) is 5.38. The van der Waals surface area contributed by atoms with Crippen LogP contribution < -0.4 is 11.1 Å². The van der Waals surface area contributed by atoms with E-state index in [1.165, 1.54) is 11.3 Å². The van der Waals surface area contributed by atoms with Crippen LogP contribution in [0.3, 0.4) is 0 Å². The Morgan fingerprint density at radius 2 is 2.10 bits per heavy atom. The average Bonchev–Trinajstić information content (AvgIpc) is 2.79. The van der Waals surface area contributed by atoms with Crippen molar-refractivity contribution in [2.45, 2.75) is 46.6 Å². The maximum Gasteiger partial charge on any atom is 0.188 e. The van der Waals surface area contributed by atoms with Crippen LogP contribution in [0, 0.1) is 0 Å². The van der Waals surface area contributed by atoms with Gasteiger partial charge in [0.1, 0.15) is 0 Å². The summed E-state index contributed by atoms with van der Waals surface area (Å²) in [6, 6.07) is 0. The van der Waals surface area contributed by atoms with Gasteiger partial charge >= 0.3 is 0 Å². The van der Waals surface area contributed by atoms with Gasteiger partial charge in [-0.1, -0.05) is 13.8 Å². The predicted molar refractivity (Wildman–Crippen MR) is 86.4 cm³/mol. The number of aromatic nitrogens is 2.